The van der Waals surface area contributed by atoms with Gasteiger partial charge in [0.25, 0.3) is 5.91 Å². The van der Waals surface area contributed by atoms with E-state index in [9.17, 15) is 23.3 Å². The number of nitro groups is 1. The highest BCUT2D eigenvalue weighted by molar-refractivity contribution is 9.10. The first kappa shape index (κ1) is 18.5. The minimum atomic E-state index is -3.65. The lowest BCUT2D eigenvalue weighted by molar-refractivity contribution is -0.402. The maximum atomic E-state index is 12.7. The lowest BCUT2D eigenvalue weighted by Gasteiger charge is -2.33. The zero-order valence-electron chi connectivity index (χ0n) is 13.4. The number of furan rings is 1. The molecule has 2 aromatic rings. The summed E-state index contributed by atoms with van der Waals surface area (Å²) in [4.78, 5) is 23.8. The van der Waals surface area contributed by atoms with E-state index in [1.165, 1.54) is 27.4 Å². The van der Waals surface area contributed by atoms with E-state index in [0.717, 1.165) is 6.07 Å². The van der Waals surface area contributed by atoms with Crippen molar-refractivity contribution in [2.75, 3.05) is 26.2 Å². The van der Waals surface area contributed by atoms with Gasteiger partial charge >= 0.3 is 5.88 Å². The molecular formula is C15H14BrN3O6S. The molecule has 1 aliphatic heterocycles. The summed E-state index contributed by atoms with van der Waals surface area (Å²) in [6.07, 6.45) is 0. The number of sulfonamides is 1. The molecule has 0 spiro atoms. The van der Waals surface area contributed by atoms with Crippen LogP contribution < -0.4 is 0 Å². The second-order valence-corrected chi connectivity index (χ2v) is 8.40. The Morgan fingerprint density at radius 1 is 1.15 bits per heavy atom. The summed E-state index contributed by atoms with van der Waals surface area (Å²) >= 11 is 3.25. The Balaban J connectivity index is 1.68. The van der Waals surface area contributed by atoms with Gasteiger partial charge in [0, 0.05) is 30.7 Å². The highest BCUT2D eigenvalue weighted by atomic mass is 79.9. The first-order chi connectivity index (χ1) is 12.3. The second kappa shape index (κ2) is 7.17. The van der Waals surface area contributed by atoms with E-state index in [-0.39, 0.29) is 36.8 Å². The Morgan fingerprint density at radius 2 is 1.85 bits per heavy atom. The van der Waals surface area contributed by atoms with Gasteiger partial charge in [-0.2, -0.15) is 4.31 Å². The van der Waals surface area contributed by atoms with Crippen molar-refractivity contribution in [3.8, 4) is 0 Å². The average Bonchev–Trinajstić information content (AvgIpc) is 3.11. The number of piperazine rings is 1. The van der Waals surface area contributed by atoms with Crippen LogP contribution in [0.1, 0.15) is 10.6 Å². The number of carbonyl (C=O) groups is 1. The number of benzene rings is 1. The predicted molar refractivity (Wildman–Crippen MR) is 94.2 cm³/mol. The molecule has 1 aromatic carbocycles. The molecule has 0 bridgehead atoms. The minimum absolute atomic E-state index is 0.128. The van der Waals surface area contributed by atoms with Crippen LogP contribution in [0, 0.1) is 10.1 Å². The molecule has 26 heavy (non-hydrogen) atoms. The fourth-order valence-electron chi connectivity index (χ4n) is 2.60. The number of halogens is 1. The van der Waals surface area contributed by atoms with Crippen molar-refractivity contribution < 1.29 is 22.6 Å². The molecule has 11 heteroatoms. The van der Waals surface area contributed by atoms with Gasteiger partial charge in [-0.05, 0) is 24.3 Å². The first-order valence-electron chi connectivity index (χ1n) is 7.58. The monoisotopic (exact) mass is 443 g/mol. The topological polar surface area (TPSA) is 114 Å². The van der Waals surface area contributed by atoms with Crippen LogP contribution >= 0.6 is 15.9 Å². The Bertz CT molecular complexity index is 950. The van der Waals surface area contributed by atoms with Crippen molar-refractivity contribution in [3.63, 3.8) is 0 Å². The Morgan fingerprint density at radius 3 is 2.42 bits per heavy atom. The SMILES string of the molecule is O=C(c1ccc([N+](=O)[O-])o1)N1CCN(S(=O)(=O)c2cccc(Br)c2)CC1. The van der Waals surface area contributed by atoms with Crippen molar-refractivity contribution in [2.24, 2.45) is 0 Å². The summed E-state index contributed by atoms with van der Waals surface area (Å²) in [5, 5.41) is 10.6. The summed E-state index contributed by atoms with van der Waals surface area (Å²) in [5.74, 6) is -1.15. The highest BCUT2D eigenvalue weighted by Gasteiger charge is 2.31. The molecule has 1 fully saturated rings. The molecule has 2 heterocycles. The van der Waals surface area contributed by atoms with Crippen LogP contribution in [0.15, 0.2) is 50.2 Å². The van der Waals surface area contributed by atoms with Gasteiger partial charge in [-0.15, -0.1) is 0 Å². The Hall–Kier alpha value is -2.24. The minimum Gasteiger partial charge on any atom is -0.395 e. The van der Waals surface area contributed by atoms with E-state index in [0.29, 0.717) is 4.47 Å². The van der Waals surface area contributed by atoms with Crippen LogP contribution in [-0.4, -0.2) is 54.6 Å². The van der Waals surface area contributed by atoms with E-state index < -0.39 is 26.7 Å². The fraction of sp³-hybridized carbons (Fsp3) is 0.267. The van der Waals surface area contributed by atoms with Gasteiger partial charge in [-0.3, -0.25) is 14.9 Å². The quantitative estimate of drug-likeness (QED) is 0.527. The van der Waals surface area contributed by atoms with Gasteiger partial charge in [0.2, 0.25) is 10.0 Å². The van der Waals surface area contributed by atoms with Gasteiger partial charge in [0.15, 0.2) is 5.76 Å². The summed E-state index contributed by atoms with van der Waals surface area (Å²) in [6, 6.07) is 8.76. The van der Waals surface area contributed by atoms with Crippen molar-refractivity contribution in [2.45, 2.75) is 4.90 Å². The van der Waals surface area contributed by atoms with Gasteiger partial charge in [-0.1, -0.05) is 22.0 Å². The first-order valence-corrected chi connectivity index (χ1v) is 9.81. The normalized spacial score (nSPS) is 15.8. The second-order valence-electron chi connectivity index (χ2n) is 5.55. The molecule has 0 atom stereocenters. The summed E-state index contributed by atoms with van der Waals surface area (Å²) in [5.41, 5.74) is 0. The third-order valence-corrected chi connectivity index (χ3v) is 6.33. The Labute approximate surface area is 157 Å². The van der Waals surface area contributed by atoms with E-state index in [1.54, 1.807) is 12.1 Å². The molecule has 0 unspecified atom stereocenters. The number of carbonyl (C=O) groups excluding carboxylic acids is 1. The van der Waals surface area contributed by atoms with Gasteiger partial charge in [0.05, 0.1) is 11.0 Å². The van der Waals surface area contributed by atoms with Crippen LogP contribution in [0.4, 0.5) is 5.88 Å². The van der Waals surface area contributed by atoms with Gasteiger partial charge in [0.1, 0.15) is 4.92 Å². The smallest absolute Gasteiger partial charge is 0.395 e. The molecule has 1 aliphatic rings. The average molecular weight is 444 g/mol. The standard InChI is InChI=1S/C15H14BrN3O6S/c16-11-2-1-3-12(10-11)26(23,24)18-8-6-17(7-9-18)15(20)13-4-5-14(25-13)19(21)22/h1-5,10H,6-9H2. The van der Waals surface area contributed by atoms with Crippen LogP contribution in [0.2, 0.25) is 0 Å². The predicted octanol–water partition coefficient (Wildman–Crippen LogP) is 2.10. The summed E-state index contributed by atoms with van der Waals surface area (Å²) in [7, 11) is -3.65. The van der Waals surface area contributed by atoms with Crippen LogP contribution in [0.25, 0.3) is 0 Å². The molecule has 0 aliphatic carbocycles. The third-order valence-electron chi connectivity index (χ3n) is 3.94. The Kier molecular flexibility index (Phi) is 5.12. The van der Waals surface area contributed by atoms with Crippen molar-refractivity contribution in [1.82, 2.24) is 9.21 Å². The lowest BCUT2D eigenvalue weighted by atomic mass is 10.3. The van der Waals surface area contributed by atoms with E-state index in [1.807, 2.05) is 0 Å². The number of hydrogen-bond acceptors (Lipinski definition) is 6. The lowest BCUT2D eigenvalue weighted by Crippen LogP contribution is -2.50. The number of rotatable bonds is 4. The number of nitrogens with zero attached hydrogens (tertiary/aromatic N) is 3. The van der Waals surface area contributed by atoms with Crippen molar-refractivity contribution in [3.05, 3.63) is 56.7 Å². The molecule has 138 valence electrons. The van der Waals surface area contributed by atoms with Gasteiger partial charge in [-0.25, -0.2) is 8.42 Å². The molecule has 0 radical (unpaired) electrons. The number of amides is 1. The fourth-order valence-corrected chi connectivity index (χ4v) is 4.62. The zero-order valence-corrected chi connectivity index (χ0v) is 15.8. The van der Waals surface area contributed by atoms with Crippen LogP contribution in [0.3, 0.4) is 0 Å². The molecule has 9 nitrogen and oxygen atoms in total. The van der Waals surface area contributed by atoms with E-state index in [4.69, 9.17) is 4.42 Å². The molecule has 1 aromatic heterocycles. The van der Waals surface area contributed by atoms with E-state index >= 15 is 0 Å². The van der Waals surface area contributed by atoms with Crippen LogP contribution in [0.5, 0.6) is 0 Å². The maximum absolute atomic E-state index is 12.7. The van der Waals surface area contributed by atoms with Crippen molar-refractivity contribution in [1.29, 1.82) is 0 Å². The zero-order chi connectivity index (χ0) is 18.9. The summed E-state index contributed by atoms with van der Waals surface area (Å²) in [6.45, 7) is 0.591. The highest BCUT2D eigenvalue weighted by Crippen LogP contribution is 2.22. The largest absolute Gasteiger partial charge is 0.433 e. The molecule has 0 N–H and O–H groups in total. The molecule has 1 saturated heterocycles. The molecule has 0 saturated carbocycles. The number of hydrogen-bond donors (Lipinski definition) is 0. The van der Waals surface area contributed by atoms with Gasteiger partial charge < -0.3 is 9.32 Å². The molecular weight excluding hydrogens is 430 g/mol. The molecule has 3 rings (SSSR count). The van der Waals surface area contributed by atoms with E-state index in [2.05, 4.69) is 15.9 Å². The maximum Gasteiger partial charge on any atom is 0.433 e. The van der Waals surface area contributed by atoms with Crippen LogP contribution in [-0.2, 0) is 10.0 Å². The molecule has 1 amide bonds. The third kappa shape index (κ3) is 3.64. The summed E-state index contributed by atoms with van der Waals surface area (Å²) < 4.78 is 32.2. The van der Waals surface area contributed by atoms with Crippen molar-refractivity contribution >= 4 is 37.7 Å².